The van der Waals surface area contributed by atoms with E-state index >= 15 is 0 Å². The van der Waals surface area contributed by atoms with Gasteiger partial charge in [0.05, 0.1) is 58.8 Å². The van der Waals surface area contributed by atoms with Gasteiger partial charge in [0, 0.05) is 16.7 Å². The van der Waals surface area contributed by atoms with Crippen LogP contribution in [0, 0.1) is 0 Å². The molecule has 0 bridgehead atoms. The number of anilines is 2. The number of rotatable bonds is 5. The van der Waals surface area contributed by atoms with E-state index in [2.05, 4.69) is 17.3 Å². The number of hydrogen-bond acceptors (Lipinski definition) is 4. The van der Waals surface area contributed by atoms with E-state index < -0.39 is 0 Å². The molecule has 144 valence electrons. The summed E-state index contributed by atoms with van der Waals surface area (Å²) < 4.78 is 10.5. The first kappa shape index (κ1) is 19.3. The minimum Gasteiger partial charge on any atom is -0.497 e. The number of likely N-dealkylation sites (N-methyl/N-ethyl adjacent to an activating group) is 1. The molecule has 0 aromatic heterocycles. The van der Waals surface area contributed by atoms with Crippen LogP contribution in [0.1, 0.15) is 10.4 Å². The zero-order valence-electron chi connectivity index (χ0n) is 15.8. The van der Waals surface area contributed by atoms with E-state index in [0.29, 0.717) is 27.8 Å². The van der Waals surface area contributed by atoms with E-state index in [1.807, 2.05) is 12.1 Å². The SMILES string of the molecule is COc1cc(OC)cc(C(=O)Nc2cc(Cl)ccc2N2CC[NH+](C)CC2)c1. The van der Waals surface area contributed by atoms with Gasteiger partial charge in [-0.1, -0.05) is 11.6 Å². The first-order valence-corrected chi connectivity index (χ1v) is 9.28. The molecule has 0 spiro atoms. The van der Waals surface area contributed by atoms with Gasteiger partial charge >= 0.3 is 0 Å². The van der Waals surface area contributed by atoms with Gasteiger partial charge in [-0.3, -0.25) is 4.79 Å². The number of nitrogens with one attached hydrogen (secondary N) is 2. The lowest BCUT2D eigenvalue weighted by Gasteiger charge is -2.33. The fourth-order valence-corrected chi connectivity index (χ4v) is 3.32. The smallest absolute Gasteiger partial charge is 0.255 e. The van der Waals surface area contributed by atoms with Crippen LogP contribution in [0.25, 0.3) is 0 Å². The van der Waals surface area contributed by atoms with Crippen LogP contribution < -0.4 is 24.6 Å². The van der Waals surface area contributed by atoms with Gasteiger partial charge in [0.2, 0.25) is 0 Å². The second kappa shape index (κ2) is 8.50. The van der Waals surface area contributed by atoms with Gasteiger partial charge < -0.3 is 24.6 Å². The molecular formula is C20H25ClN3O3+. The van der Waals surface area contributed by atoms with Crippen molar-refractivity contribution in [2.45, 2.75) is 0 Å². The summed E-state index contributed by atoms with van der Waals surface area (Å²) in [6.45, 7) is 3.98. The number of methoxy groups -OCH3 is 2. The zero-order valence-corrected chi connectivity index (χ0v) is 16.6. The van der Waals surface area contributed by atoms with Crippen molar-refractivity contribution in [3.63, 3.8) is 0 Å². The van der Waals surface area contributed by atoms with Crippen molar-refractivity contribution in [3.8, 4) is 11.5 Å². The predicted octanol–water partition coefficient (Wildman–Crippen LogP) is 1.94. The topological polar surface area (TPSA) is 55.2 Å². The molecule has 1 fully saturated rings. The lowest BCUT2D eigenvalue weighted by atomic mass is 10.1. The Balaban J connectivity index is 1.86. The Kier molecular flexibility index (Phi) is 6.08. The highest BCUT2D eigenvalue weighted by molar-refractivity contribution is 6.31. The Labute approximate surface area is 164 Å². The van der Waals surface area contributed by atoms with Crippen LogP contribution in [0.4, 0.5) is 11.4 Å². The highest BCUT2D eigenvalue weighted by atomic mass is 35.5. The van der Waals surface area contributed by atoms with Gasteiger partial charge in [-0.05, 0) is 30.3 Å². The monoisotopic (exact) mass is 390 g/mol. The highest BCUT2D eigenvalue weighted by Gasteiger charge is 2.21. The molecule has 6 nitrogen and oxygen atoms in total. The van der Waals surface area contributed by atoms with E-state index in [1.165, 1.54) is 4.90 Å². The van der Waals surface area contributed by atoms with E-state index in [4.69, 9.17) is 21.1 Å². The number of piperazine rings is 1. The Morgan fingerprint density at radius 2 is 1.70 bits per heavy atom. The van der Waals surface area contributed by atoms with Crippen LogP contribution in [0.2, 0.25) is 5.02 Å². The van der Waals surface area contributed by atoms with Crippen molar-refractivity contribution < 1.29 is 19.2 Å². The molecule has 1 amide bonds. The standard InChI is InChI=1S/C20H24ClN3O3/c1-23-6-8-24(9-7-23)19-5-4-15(21)12-18(19)22-20(25)14-10-16(26-2)13-17(11-14)27-3/h4-5,10-13H,6-9H2,1-3H3,(H,22,25)/p+1. The van der Waals surface area contributed by atoms with Gasteiger partial charge in [-0.2, -0.15) is 0 Å². The number of ether oxygens (including phenoxy) is 2. The van der Waals surface area contributed by atoms with Gasteiger partial charge in [0.1, 0.15) is 11.5 Å². The number of quaternary nitrogens is 1. The third-order valence-electron chi connectivity index (χ3n) is 4.78. The molecule has 0 atom stereocenters. The number of benzene rings is 2. The summed E-state index contributed by atoms with van der Waals surface area (Å²) in [6.07, 6.45) is 0. The Morgan fingerprint density at radius 1 is 1.07 bits per heavy atom. The van der Waals surface area contributed by atoms with Crippen LogP contribution in [0.3, 0.4) is 0 Å². The van der Waals surface area contributed by atoms with Crippen molar-refractivity contribution >= 4 is 28.9 Å². The van der Waals surface area contributed by atoms with Crippen molar-refractivity contribution in [2.75, 3.05) is 57.7 Å². The van der Waals surface area contributed by atoms with Crippen LogP contribution in [-0.2, 0) is 0 Å². The minimum absolute atomic E-state index is 0.240. The van der Waals surface area contributed by atoms with E-state index in [1.54, 1.807) is 38.5 Å². The molecule has 0 unspecified atom stereocenters. The first-order valence-electron chi connectivity index (χ1n) is 8.90. The summed E-state index contributed by atoms with van der Waals surface area (Å²) in [7, 11) is 5.31. The normalized spacial score (nSPS) is 14.7. The number of hydrogen-bond donors (Lipinski definition) is 2. The molecule has 7 heteroatoms. The molecule has 0 aliphatic carbocycles. The summed E-state index contributed by atoms with van der Waals surface area (Å²) in [5.74, 6) is 0.885. The lowest BCUT2D eigenvalue weighted by Crippen LogP contribution is -3.12. The number of halogens is 1. The maximum absolute atomic E-state index is 12.9. The second-order valence-electron chi connectivity index (χ2n) is 6.66. The first-order chi connectivity index (χ1) is 13.0. The van der Waals surface area contributed by atoms with Gasteiger partial charge in [0.25, 0.3) is 5.91 Å². The van der Waals surface area contributed by atoms with Crippen LogP contribution in [0.5, 0.6) is 11.5 Å². The number of carbonyl (C=O) groups is 1. The molecule has 2 aromatic carbocycles. The van der Waals surface area contributed by atoms with Crippen molar-refractivity contribution in [1.82, 2.24) is 0 Å². The molecule has 3 rings (SSSR count). The van der Waals surface area contributed by atoms with Crippen molar-refractivity contribution in [2.24, 2.45) is 0 Å². The molecule has 1 aliphatic heterocycles. The Hall–Kier alpha value is -2.44. The molecule has 0 saturated carbocycles. The van der Waals surface area contributed by atoms with E-state index in [-0.39, 0.29) is 5.91 Å². The molecule has 27 heavy (non-hydrogen) atoms. The number of amides is 1. The highest BCUT2D eigenvalue weighted by Crippen LogP contribution is 2.30. The van der Waals surface area contributed by atoms with Crippen LogP contribution in [-0.4, -0.2) is 53.4 Å². The van der Waals surface area contributed by atoms with Crippen molar-refractivity contribution in [3.05, 3.63) is 47.0 Å². The van der Waals surface area contributed by atoms with Crippen molar-refractivity contribution in [1.29, 1.82) is 0 Å². The summed E-state index contributed by atoms with van der Waals surface area (Å²) in [4.78, 5) is 16.7. The minimum atomic E-state index is -0.240. The van der Waals surface area contributed by atoms with Gasteiger partial charge in [-0.15, -0.1) is 0 Å². The molecule has 0 radical (unpaired) electrons. The molecule has 2 N–H and O–H groups in total. The number of carbonyl (C=O) groups excluding carboxylic acids is 1. The number of nitrogens with zero attached hydrogens (tertiary/aromatic N) is 1. The summed E-state index contributed by atoms with van der Waals surface area (Å²) >= 11 is 6.19. The molecular weight excluding hydrogens is 366 g/mol. The maximum Gasteiger partial charge on any atom is 0.255 e. The van der Waals surface area contributed by atoms with Gasteiger partial charge in [0.15, 0.2) is 0 Å². The fraction of sp³-hybridized carbons (Fsp3) is 0.350. The van der Waals surface area contributed by atoms with Crippen LogP contribution >= 0.6 is 11.6 Å². The lowest BCUT2D eigenvalue weighted by molar-refractivity contribution is -0.880. The maximum atomic E-state index is 12.9. The van der Waals surface area contributed by atoms with E-state index in [0.717, 1.165) is 31.9 Å². The summed E-state index contributed by atoms with van der Waals surface area (Å²) in [5.41, 5.74) is 2.14. The predicted molar refractivity (Wildman–Crippen MR) is 108 cm³/mol. The quantitative estimate of drug-likeness (QED) is 0.819. The molecule has 1 heterocycles. The Morgan fingerprint density at radius 3 is 2.30 bits per heavy atom. The van der Waals surface area contributed by atoms with E-state index in [9.17, 15) is 4.79 Å². The third kappa shape index (κ3) is 4.64. The third-order valence-corrected chi connectivity index (χ3v) is 5.01. The largest absolute Gasteiger partial charge is 0.497 e. The average Bonchev–Trinajstić information content (AvgIpc) is 2.68. The molecule has 1 saturated heterocycles. The second-order valence-corrected chi connectivity index (χ2v) is 7.10. The molecule has 1 aliphatic rings. The van der Waals surface area contributed by atoms with Gasteiger partial charge in [-0.25, -0.2) is 0 Å². The zero-order chi connectivity index (χ0) is 19.4. The molecule has 2 aromatic rings. The summed E-state index contributed by atoms with van der Waals surface area (Å²) in [6, 6.07) is 10.7. The average molecular weight is 391 g/mol. The Bertz CT molecular complexity index is 798. The summed E-state index contributed by atoms with van der Waals surface area (Å²) in [5, 5.41) is 3.58. The van der Waals surface area contributed by atoms with Crippen LogP contribution in [0.15, 0.2) is 36.4 Å². The fourth-order valence-electron chi connectivity index (χ4n) is 3.15.